The number of ether oxygens (including phenoxy) is 1. The van der Waals surface area contributed by atoms with Crippen molar-refractivity contribution in [2.45, 2.75) is 91.6 Å². The zero-order valence-corrected chi connectivity index (χ0v) is 17.4. The molecule has 3 heteroatoms. The Bertz CT molecular complexity index is 730. The molecule has 0 aromatic rings. The van der Waals surface area contributed by atoms with E-state index in [9.17, 15) is 9.59 Å². The molecule has 4 aliphatic carbocycles. The first-order valence-electron chi connectivity index (χ1n) is 10.9. The second-order valence-electron chi connectivity index (χ2n) is 9.78. The highest BCUT2D eigenvalue weighted by atomic mass is 16.5. The third-order valence-electron chi connectivity index (χ3n) is 8.66. The maximum Gasteiger partial charge on any atom is 0.303 e. The van der Waals surface area contributed by atoms with Crippen LogP contribution in [0.25, 0.3) is 0 Å². The van der Waals surface area contributed by atoms with Crippen LogP contribution >= 0.6 is 0 Å². The molecule has 0 aliphatic heterocycles. The number of Topliss-reactive ketones (excluding diaryl/α,β-unsaturated/α-hetero) is 1. The largest absolute Gasteiger partial charge is 0.455 e. The van der Waals surface area contributed by atoms with Gasteiger partial charge in [0, 0.05) is 12.3 Å². The summed E-state index contributed by atoms with van der Waals surface area (Å²) in [5.74, 6) is 1.02. The van der Waals surface area contributed by atoms with Crippen molar-refractivity contribution >= 4 is 11.8 Å². The minimum atomic E-state index is -0.637. The predicted octanol–water partition coefficient (Wildman–Crippen LogP) is 5.54. The molecule has 5 atom stereocenters. The van der Waals surface area contributed by atoms with Gasteiger partial charge >= 0.3 is 5.97 Å². The molecule has 0 radical (unpaired) electrons. The van der Waals surface area contributed by atoms with Crippen LogP contribution in [0.4, 0.5) is 0 Å². The van der Waals surface area contributed by atoms with Crippen LogP contribution < -0.4 is 0 Å². The van der Waals surface area contributed by atoms with Crippen molar-refractivity contribution in [1.82, 2.24) is 0 Å². The van der Waals surface area contributed by atoms with E-state index in [1.807, 2.05) is 0 Å². The van der Waals surface area contributed by atoms with Crippen molar-refractivity contribution in [3.05, 3.63) is 22.8 Å². The molecule has 0 spiro atoms. The molecule has 0 aromatic carbocycles. The first-order chi connectivity index (χ1) is 12.8. The molecule has 4 rings (SSSR count). The molecule has 0 bridgehead atoms. The SMILES string of the molecule is CC(=O)OC(C)C(=O)[C@@]1(C)CC[C@H]2[C@@H]3CCC4=CCCCC4=C3CC[C@@]21C. The number of ketones is 1. The van der Waals surface area contributed by atoms with Crippen molar-refractivity contribution < 1.29 is 14.3 Å². The van der Waals surface area contributed by atoms with Crippen molar-refractivity contribution in [2.75, 3.05) is 0 Å². The lowest BCUT2D eigenvalue weighted by Crippen LogP contribution is -2.50. The van der Waals surface area contributed by atoms with E-state index in [1.54, 1.807) is 23.6 Å². The molecule has 0 aromatic heterocycles. The molecule has 3 nitrogen and oxygen atoms in total. The van der Waals surface area contributed by atoms with Crippen LogP contribution in [0.1, 0.15) is 85.5 Å². The lowest BCUT2D eigenvalue weighted by molar-refractivity contribution is -0.159. The van der Waals surface area contributed by atoms with E-state index in [0.717, 1.165) is 25.7 Å². The fourth-order valence-corrected chi connectivity index (χ4v) is 7.06. The molecule has 1 unspecified atom stereocenters. The van der Waals surface area contributed by atoms with Gasteiger partial charge in [-0.25, -0.2) is 0 Å². The third-order valence-corrected chi connectivity index (χ3v) is 8.66. The van der Waals surface area contributed by atoms with Crippen molar-refractivity contribution in [2.24, 2.45) is 22.7 Å². The number of fused-ring (bicyclic) bond motifs is 4. The van der Waals surface area contributed by atoms with Gasteiger partial charge in [-0.1, -0.05) is 25.5 Å². The van der Waals surface area contributed by atoms with E-state index in [2.05, 4.69) is 19.9 Å². The zero-order valence-electron chi connectivity index (χ0n) is 17.4. The Morgan fingerprint density at radius 3 is 2.67 bits per heavy atom. The van der Waals surface area contributed by atoms with Crippen molar-refractivity contribution in [1.29, 1.82) is 0 Å². The number of carbonyl (C=O) groups excluding carboxylic acids is 2. The number of allylic oxidation sites excluding steroid dienone is 4. The summed E-state index contributed by atoms with van der Waals surface area (Å²) in [4.78, 5) is 24.7. The predicted molar refractivity (Wildman–Crippen MR) is 106 cm³/mol. The molecule has 0 heterocycles. The fourth-order valence-electron chi connectivity index (χ4n) is 7.06. The lowest BCUT2D eigenvalue weighted by atomic mass is 9.51. The molecule has 4 aliphatic rings. The van der Waals surface area contributed by atoms with Gasteiger partial charge in [0.15, 0.2) is 11.9 Å². The highest BCUT2D eigenvalue weighted by Crippen LogP contribution is 2.67. The van der Waals surface area contributed by atoms with Crippen LogP contribution in [0, 0.1) is 22.7 Å². The Hall–Kier alpha value is -1.38. The van der Waals surface area contributed by atoms with E-state index >= 15 is 0 Å². The maximum absolute atomic E-state index is 13.4. The minimum absolute atomic E-state index is 0.0170. The zero-order chi connectivity index (χ0) is 19.4. The van der Waals surface area contributed by atoms with E-state index < -0.39 is 6.10 Å². The van der Waals surface area contributed by atoms with Crippen LogP contribution in [0.15, 0.2) is 22.8 Å². The number of esters is 1. The van der Waals surface area contributed by atoms with Gasteiger partial charge in [-0.15, -0.1) is 0 Å². The smallest absolute Gasteiger partial charge is 0.303 e. The van der Waals surface area contributed by atoms with Crippen LogP contribution in [-0.2, 0) is 14.3 Å². The van der Waals surface area contributed by atoms with Crippen molar-refractivity contribution in [3.8, 4) is 0 Å². The van der Waals surface area contributed by atoms with E-state index in [-0.39, 0.29) is 22.6 Å². The van der Waals surface area contributed by atoms with Gasteiger partial charge in [0.25, 0.3) is 0 Å². The lowest BCUT2D eigenvalue weighted by Gasteiger charge is -2.52. The Labute approximate surface area is 163 Å². The number of hydrogen-bond acceptors (Lipinski definition) is 3. The molecule has 0 saturated heterocycles. The molecule has 0 amide bonds. The van der Waals surface area contributed by atoms with Crippen molar-refractivity contribution in [3.63, 3.8) is 0 Å². The van der Waals surface area contributed by atoms with Crippen LogP contribution in [0.3, 0.4) is 0 Å². The Balaban J connectivity index is 1.65. The summed E-state index contributed by atoms with van der Waals surface area (Å²) in [6.07, 6.45) is 12.4. The molecule has 27 heavy (non-hydrogen) atoms. The second kappa shape index (κ2) is 6.60. The first-order valence-corrected chi connectivity index (χ1v) is 10.9. The first kappa shape index (κ1) is 19.0. The van der Waals surface area contributed by atoms with Gasteiger partial charge < -0.3 is 4.74 Å². The normalized spacial score (nSPS) is 39.0. The molecule has 0 N–H and O–H groups in total. The summed E-state index contributed by atoms with van der Waals surface area (Å²) in [7, 11) is 0. The summed E-state index contributed by atoms with van der Waals surface area (Å²) >= 11 is 0. The van der Waals surface area contributed by atoms with Crippen LogP contribution in [0.5, 0.6) is 0 Å². The van der Waals surface area contributed by atoms with Gasteiger partial charge in [0.1, 0.15) is 0 Å². The fraction of sp³-hybridized carbons (Fsp3) is 0.750. The summed E-state index contributed by atoms with van der Waals surface area (Å²) in [5, 5.41) is 0. The van der Waals surface area contributed by atoms with Gasteiger partial charge in [0.05, 0.1) is 0 Å². The molecule has 2 saturated carbocycles. The Kier molecular flexibility index (Phi) is 4.63. The highest BCUT2D eigenvalue weighted by molar-refractivity contribution is 5.91. The maximum atomic E-state index is 13.4. The van der Waals surface area contributed by atoms with Gasteiger partial charge in [-0.3, -0.25) is 9.59 Å². The molecule has 2 fully saturated rings. The van der Waals surface area contributed by atoms with Gasteiger partial charge in [-0.05, 0) is 93.1 Å². The number of rotatable bonds is 3. The average molecular weight is 371 g/mol. The standard InChI is InChI=1S/C24H34O3/c1-15(27-16(2)25)22(26)24(4)14-12-21-20-10-9-17-7-5-6-8-18(17)19(20)11-13-23(21,24)3/h7,15,20-21H,5-6,8-14H2,1-4H3/t15?,20-,21+,23+,24-/m1/s1. The summed E-state index contributed by atoms with van der Waals surface area (Å²) < 4.78 is 5.29. The highest BCUT2D eigenvalue weighted by Gasteiger charge is 2.62. The minimum Gasteiger partial charge on any atom is -0.455 e. The van der Waals surface area contributed by atoms with Gasteiger partial charge in [-0.2, -0.15) is 0 Å². The number of carbonyl (C=O) groups is 2. The molecular weight excluding hydrogens is 336 g/mol. The summed E-state index contributed by atoms with van der Waals surface area (Å²) in [6, 6.07) is 0. The summed E-state index contributed by atoms with van der Waals surface area (Å²) in [5.41, 5.74) is 4.69. The average Bonchev–Trinajstić information content (AvgIpc) is 2.92. The Morgan fingerprint density at radius 2 is 1.93 bits per heavy atom. The van der Waals surface area contributed by atoms with E-state index in [0.29, 0.717) is 11.8 Å². The quantitative estimate of drug-likeness (QED) is 0.613. The van der Waals surface area contributed by atoms with E-state index in [4.69, 9.17) is 4.74 Å². The monoisotopic (exact) mass is 370 g/mol. The van der Waals surface area contributed by atoms with Gasteiger partial charge in [0.2, 0.25) is 0 Å². The molecular formula is C24H34O3. The summed E-state index contributed by atoms with van der Waals surface area (Å²) in [6.45, 7) is 7.65. The van der Waals surface area contributed by atoms with E-state index in [1.165, 1.54) is 39.0 Å². The third kappa shape index (κ3) is 2.76. The molecule has 148 valence electrons. The van der Waals surface area contributed by atoms with Crippen LogP contribution in [0.2, 0.25) is 0 Å². The number of hydrogen-bond donors (Lipinski definition) is 0. The Morgan fingerprint density at radius 1 is 1.15 bits per heavy atom. The second-order valence-corrected chi connectivity index (χ2v) is 9.78. The van der Waals surface area contributed by atoms with Crippen LogP contribution in [-0.4, -0.2) is 17.9 Å². The topological polar surface area (TPSA) is 43.4 Å².